The van der Waals surface area contributed by atoms with Crippen molar-refractivity contribution in [2.75, 3.05) is 26.2 Å². The van der Waals surface area contributed by atoms with Crippen molar-refractivity contribution in [3.8, 4) is 0 Å². The molecule has 25 heavy (non-hydrogen) atoms. The average molecular weight is 341 g/mol. The first kappa shape index (κ1) is 16.2. The lowest BCUT2D eigenvalue weighted by Gasteiger charge is -2.47. The third kappa shape index (κ3) is 3.29. The van der Waals surface area contributed by atoms with Crippen molar-refractivity contribution in [1.82, 2.24) is 24.3 Å². The molecule has 7 nitrogen and oxygen atoms in total. The number of imidazole rings is 1. The third-order valence-corrected chi connectivity index (χ3v) is 5.14. The van der Waals surface area contributed by atoms with Gasteiger partial charge in [-0.3, -0.25) is 14.7 Å². The number of amides is 1. The fourth-order valence-electron chi connectivity index (χ4n) is 3.75. The van der Waals surface area contributed by atoms with Crippen LogP contribution in [-0.2, 0) is 18.3 Å². The minimum absolute atomic E-state index is 0.0498. The molecule has 0 radical (unpaired) electrons. The van der Waals surface area contributed by atoms with Crippen molar-refractivity contribution in [1.29, 1.82) is 0 Å². The molecule has 2 atom stereocenters. The maximum Gasteiger partial charge on any atom is 0.255 e. The molecule has 1 amide bonds. The fourth-order valence-corrected chi connectivity index (χ4v) is 3.75. The predicted molar refractivity (Wildman–Crippen MR) is 91.9 cm³/mol. The second kappa shape index (κ2) is 6.93. The summed E-state index contributed by atoms with van der Waals surface area (Å²) in [4.78, 5) is 25.6. The van der Waals surface area contributed by atoms with Gasteiger partial charge in [-0.25, -0.2) is 4.98 Å². The van der Waals surface area contributed by atoms with Gasteiger partial charge in [0.1, 0.15) is 0 Å². The largest absolute Gasteiger partial charge is 0.374 e. The summed E-state index contributed by atoms with van der Waals surface area (Å²) in [6.07, 6.45) is 8.13. The maximum atomic E-state index is 12.9. The van der Waals surface area contributed by atoms with Crippen LogP contribution in [0.5, 0.6) is 0 Å². The molecule has 0 bridgehead atoms. The summed E-state index contributed by atoms with van der Waals surface area (Å²) in [6.45, 7) is 3.88. The van der Waals surface area contributed by atoms with Gasteiger partial charge in [-0.15, -0.1) is 0 Å². The van der Waals surface area contributed by atoms with Crippen LogP contribution in [0.1, 0.15) is 22.5 Å². The van der Waals surface area contributed by atoms with Gasteiger partial charge in [0.05, 0.1) is 36.3 Å². The molecule has 0 unspecified atom stereocenters. The number of hydrogen-bond acceptors (Lipinski definition) is 5. The van der Waals surface area contributed by atoms with E-state index < -0.39 is 0 Å². The van der Waals surface area contributed by atoms with Gasteiger partial charge in [0.25, 0.3) is 5.91 Å². The highest BCUT2D eigenvalue weighted by molar-refractivity contribution is 5.94. The Kier molecular flexibility index (Phi) is 4.50. The Morgan fingerprint density at radius 2 is 2.24 bits per heavy atom. The topological polar surface area (TPSA) is 63.5 Å². The number of likely N-dealkylation sites (tertiary alicyclic amines) is 1. The van der Waals surface area contributed by atoms with E-state index in [-0.39, 0.29) is 18.1 Å². The Bertz CT molecular complexity index is 732. The van der Waals surface area contributed by atoms with Gasteiger partial charge in [0.2, 0.25) is 0 Å². The number of fused-ring (bicyclic) bond motifs is 1. The Morgan fingerprint density at radius 3 is 3.00 bits per heavy atom. The number of carbonyl (C=O) groups is 1. The van der Waals surface area contributed by atoms with Crippen molar-refractivity contribution >= 4 is 5.91 Å². The molecular weight excluding hydrogens is 318 g/mol. The van der Waals surface area contributed by atoms with E-state index in [0.717, 1.165) is 26.1 Å². The lowest BCUT2D eigenvalue weighted by atomic mass is 9.97. The summed E-state index contributed by atoms with van der Waals surface area (Å²) in [6, 6.07) is 3.72. The highest BCUT2D eigenvalue weighted by atomic mass is 16.5. The molecule has 4 heterocycles. The number of carbonyl (C=O) groups excluding carboxylic acids is 1. The number of nitrogens with zero attached hydrogens (tertiary/aromatic N) is 5. The van der Waals surface area contributed by atoms with Gasteiger partial charge < -0.3 is 14.2 Å². The molecular formula is C18H23N5O2. The van der Waals surface area contributed by atoms with E-state index in [0.29, 0.717) is 18.7 Å². The van der Waals surface area contributed by atoms with Crippen LogP contribution >= 0.6 is 0 Å². The number of aryl methyl sites for hydroxylation is 1. The van der Waals surface area contributed by atoms with Crippen LogP contribution in [0.4, 0.5) is 0 Å². The highest BCUT2D eigenvalue weighted by Crippen LogP contribution is 2.25. The predicted octanol–water partition coefficient (Wildman–Crippen LogP) is 0.931. The summed E-state index contributed by atoms with van der Waals surface area (Å²) >= 11 is 0. The van der Waals surface area contributed by atoms with Crippen LogP contribution in [0, 0.1) is 0 Å². The zero-order valence-corrected chi connectivity index (χ0v) is 14.4. The molecule has 0 spiro atoms. The van der Waals surface area contributed by atoms with Crippen LogP contribution in [0.25, 0.3) is 0 Å². The van der Waals surface area contributed by atoms with Crippen LogP contribution in [-0.4, -0.2) is 68.6 Å². The molecule has 7 heteroatoms. The third-order valence-electron chi connectivity index (χ3n) is 5.14. The van der Waals surface area contributed by atoms with Crippen molar-refractivity contribution < 1.29 is 9.53 Å². The molecule has 4 rings (SSSR count). The monoisotopic (exact) mass is 341 g/mol. The first-order chi connectivity index (χ1) is 12.2. The van der Waals surface area contributed by atoms with Crippen LogP contribution in [0.15, 0.2) is 37.1 Å². The summed E-state index contributed by atoms with van der Waals surface area (Å²) in [5.74, 6) is 0.0498. The molecule has 2 fully saturated rings. The Labute approximate surface area is 147 Å². The first-order valence-electron chi connectivity index (χ1n) is 8.72. The SMILES string of the molecule is Cn1cncc1CN1CC[C@H]2OCCN(C(=O)c3cccnc3)[C@@H]2C1. The van der Waals surface area contributed by atoms with Crippen molar-refractivity contribution in [2.45, 2.75) is 25.1 Å². The van der Waals surface area contributed by atoms with E-state index >= 15 is 0 Å². The smallest absolute Gasteiger partial charge is 0.255 e. The van der Waals surface area contributed by atoms with Gasteiger partial charge in [0, 0.05) is 51.8 Å². The quantitative estimate of drug-likeness (QED) is 0.831. The van der Waals surface area contributed by atoms with E-state index in [1.807, 2.05) is 35.1 Å². The summed E-state index contributed by atoms with van der Waals surface area (Å²) in [5, 5.41) is 0. The minimum atomic E-state index is 0.0498. The Balaban J connectivity index is 1.50. The molecule has 2 aliphatic rings. The summed E-state index contributed by atoms with van der Waals surface area (Å²) in [5.41, 5.74) is 1.83. The van der Waals surface area contributed by atoms with E-state index in [1.165, 1.54) is 5.69 Å². The molecule has 2 aromatic rings. The van der Waals surface area contributed by atoms with Gasteiger partial charge in [-0.1, -0.05) is 0 Å². The Hall–Kier alpha value is -2.25. The summed E-state index contributed by atoms with van der Waals surface area (Å²) in [7, 11) is 2.01. The molecule has 2 aliphatic heterocycles. The standard InChI is InChI=1S/C18H23N5O2/c1-21-13-20-10-15(21)11-22-6-4-17-16(12-22)23(7-8-25-17)18(24)14-3-2-5-19-9-14/h2-3,5,9-10,13,16-17H,4,6-8,11-12H2,1H3/t16-,17-/m1/s1. The number of hydrogen-bond donors (Lipinski definition) is 0. The molecule has 132 valence electrons. The fraction of sp³-hybridized carbons (Fsp3) is 0.500. The lowest BCUT2D eigenvalue weighted by molar-refractivity contribution is -0.0916. The van der Waals surface area contributed by atoms with E-state index in [2.05, 4.69) is 14.9 Å². The molecule has 2 aromatic heterocycles. The van der Waals surface area contributed by atoms with Gasteiger partial charge >= 0.3 is 0 Å². The van der Waals surface area contributed by atoms with Crippen LogP contribution in [0.3, 0.4) is 0 Å². The van der Waals surface area contributed by atoms with Crippen molar-refractivity contribution in [3.05, 3.63) is 48.3 Å². The molecule has 0 N–H and O–H groups in total. The second-order valence-corrected chi connectivity index (χ2v) is 6.74. The average Bonchev–Trinajstić information content (AvgIpc) is 3.06. The number of piperidine rings is 1. The number of rotatable bonds is 3. The van der Waals surface area contributed by atoms with Gasteiger partial charge in [0.15, 0.2) is 0 Å². The minimum Gasteiger partial charge on any atom is -0.374 e. The molecule has 0 aliphatic carbocycles. The van der Waals surface area contributed by atoms with Gasteiger partial charge in [-0.2, -0.15) is 0 Å². The lowest BCUT2D eigenvalue weighted by Crippen LogP contribution is -2.61. The van der Waals surface area contributed by atoms with Crippen molar-refractivity contribution in [3.63, 3.8) is 0 Å². The van der Waals surface area contributed by atoms with Crippen LogP contribution < -0.4 is 0 Å². The molecule has 2 saturated heterocycles. The number of aromatic nitrogens is 3. The van der Waals surface area contributed by atoms with Crippen molar-refractivity contribution in [2.24, 2.45) is 7.05 Å². The normalized spacial score (nSPS) is 24.1. The second-order valence-electron chi connectivity index (χ2n) is 6.74. The highest BCUT2D eigenvalue weighted by Gasteiger charge is 2.39. The summed E-state index contributed by atoms with van der Waals surface area (Å²) < 4.78 is 8.00. The molecule has 0 aromatic carbocycles. The molecule has 0 saturated carbocycles. The first-order valence-corrected chi connectivity index (χ1v) is 8.72. The van der Waals surface area contributed by atoms with Crippen LogP contribution in [0.2, 0.25) is 0 Å². The zero-order valence-electron chi connectivity index (χ0n) is 14.4. The van der Waals surface area contributed by atoms with E-state index in [9.17, 15) is 4.79 Å². The zero-order chi connectivity index (χ0) is 17.2. The maximum absolute atomic E-state index is 12.9. The van der Waals surface area contributed by atoms with E-state index in [1.54, 1.807) is 18.5 Å². The number of morpholine rings is 1. The number of ether oxygens (including phenoxy) is 1. The van der Waals surface area contributed by atoms with Gasteiger partial charge in [-0.05, 0) is 18.6 Å². The Morgan fingerprint density at radius 1 is 1.32 bits per heavy atom. The number of pyridine rings is 1. The van der Waals surface area contributed by atoms with E-state index in [4.69, 9.17) is 4.74 Å².